The minimum Gasteiger partial charge on any atom is -0.481 e. The van der Waals surface area contributed by atoms with E-state index in [1.54, 1.807) is 0 Å². The van der Waals surface area contributed by atoms with Gasteiger partial charge >= 0.3 is 5.97 Å². The first kappa shape index (κ1) is 16.6. The van der Waals surface area contributed by atoms with Crippen LogP contribution in [0, 0.1) is 10.1 Å². The number of nitro groups is 1. The summed E-state index contributed by atoms with van der Waals surface area (Å²) in [7, 11) is 0. The highest BCUT2D eigenvalue weighted by Crippen LogP contribution is 2.16. The third-order valence-corrected chi connectivity index (χ3v) is 3.28. The van der Waals surface area contributed by atoms with Crippen LogP contribution in [0.2, 0.25) is 0 Å². The number of carbonyl (C=O) groups excluding carboxylic acids is 1. The Balaban J connectivity index is 2.93. The molecule has 0 heterocycles. The number of carboxylic acid groups (broad SMARTS) is 1. The molecule has 1 N–H and O–H groups in total. The monoisotopic (exact) mass is 294 g/mol. The number of non-ortho nitro benzene ring substituents is 1. The van der Waals surface area contributed by atoms with Gasteiger partial charge < -0.3 is 10.0 Å². The Hall–Kier alpha value is -2.44. The summed E-state index contributed by atoms with van der Waals surface area (Å²) in [5.74, 6) is -1.29. The van der Waals surface area contributed by atoms with Crippen LogP contribution in [-0.2, 0) is 4.79 Å². The first-order valence-corrected chi connectivity index (χ1v) is 6.64. The molecule has 1 unspecified atom stereocenters. The van der Waals surface area contributed by atoms with Crippen molar-refractivity contribution in [2.75, 3.05) is 6.54 Å². The molecule has 0 aliphatic carbocycles. The van der Waals surface area contributed by atoms with Crippen LogP contribution in [0.25, 0.3) is 0 Å². The molecule has 7 heteroatoms. The maximum Gasteiger partial charge on any atom is 0.305 e. The van der Waals surface area contributed by atoms with Crippen molar-refractivity contribution in [3.05, 3.63) is 39.9 Å². The van der Waals surface area contributed by atoms with Crippen LogP contribution in [0.15, 0.2) is 24.3 Å². The number of hydrogen-bond acceptors (Lipinski definition) is 4. The molecule has 1 atom stereocenters. The lowest BCUT2D eigenvalue weighted by Crippen LogP contribution is -2.39. The fourth-order valence-electron chi connectivity index (χ4n) is 1.85. The summed E-state index contributed by atoms with van der Waals surface area (Å²) >= 11 is 0. The first-order chi connectivity index (χ1) is 9.86. The number of carboxylic acids is 1. The number of aliphatic carboxylic acids is 1. The summed E-state index contributed by atoms with van der Waals surface area (Å²) in [6.07, 6.45) is 0.557. The maximum absolute atomic E-state index is 12.4. The van der Waals surface area contributed by atoms with Gasteiger partial charge in [-0.3, -0.25) is 19.7 Å². The molecule has 1 rings (SSSR count). The summed E-state index contributed by atoms with van der Waals surface area (Å²) < 4.78 is 0. The number of hydrogen-bond donors (Lipinski definition) is 1. The molecule has 0 saturated carbocycles. The van der Waals surface area contributed by atoms with Gasteiger partial charge in [-0.25, -0.2) is 0 Å². The minimum atomic E-state index is -0.972. The molecule has 0 bridgehead atoms. The lowest BCUT2D eigenvalue weighted by molar-refractivity contribution is -0.384. The van der Waals surface area contributed by atoms with Crippen LogP contribution in [0.1, 0.15) is 37.0 Å². The molecular weight excluding hydrogens is 276 g/mol. The zero-order chi connectivity index (χ0) is 16.0. The van der Waals surface area contributed by atoms with Gasteiger partial charge in [0.1, 0.15) is 0 Å². The molecule has 0 radical (unpaired) electrons. The lowest BCUT2D eigenvalue weighted by Gasteiger charge is -2.28. The van der Waals surface area contributed by atoms with Crippen LogP contribution >= 0.6 is 0 Å². The molecule has 7 nitrogen and oxygen atoms in total. The number of amides is 1. The van der Waals surface area contributed by atoms with Gasteiger partial charge in [0.2, 0.25) is 0 Å². The second-order valence-electron chi connectivity index (χ2n) is 4.70. The van der Waals surface area contributed by atoms with E-state index < -0.39 is 10.9 Å². The van der Waals surface area contributed by atoms with Crippen molar-refractivity contribution >= 4 is 17.6 Å². The molecule has 0 aromatic heterocycles. The zero-order valence-electron chi connectivity index (χ0n) is 12.0. The molecule has 0 spiro atoms. The first-order valence-electron chi connectivity index (χ1n) is 6.64. The Morgan fingerprint density at radius 1 is 1.33 bits per heavy atom. The molecule has 0 aliphatic rings. The Kier molecular flexibility index (Phi) is 5.83. The molecule has 0 aliphatic heterocycles. The fourth-order valence-corrected chi connectivity index (χ4v) is 1.85. The number of benzene rings is 1. The second-order valence-corrected chi connectivity index (χ2v) is 4.70. The normalized spacial score (nSPS) is 11.7. The van der Waals surface area contributed by atoms with Crippen LogP contribution < -0.4 is 0 Å². The van der Waals surface area contributed by atoms with Gasteiger partial charge in [0.05, 0.1) is 11.3 Å². The van der Waals surface area contributed by atoms with Gasteiger partial charge in [-0.15, -0.1) is 0 Å². The van der Waals surface area contributed by atoms with Crippen LogP contribution in [0.5, 0.6) is 0 Å². The molecule has 1 aromatic carbocycles. The largest absolute Gasteiger partial charge is 0.481 e. The fraction of sp³-hybridized carbons (Fsp3) is 0.429. The molecule has 1 aromatic rings. The van der Waals surface area contributed by atoms with Crippen molar-refractivity contribution in [3.8, 4) is 0 Å². The van der Waals surface area contributed by atoms with Crippen molar-refractivity contribution < 1.29 is 19.6 Å². The summed E-state index contributed by atoms with van der Waals surface area (Å²) in [5.41, 5.74) is 0.221. The van der Waals surface area contributed by atoms with Crippen molar-refractivity contribution in [3.63, 3.8) is 0 Å². The number of nitrogens with zero attached hydrogens (tertiary/aromatic N) is 2. The van der Waals surface area contributed by atoms with Crippen LogP contribution in [0.3, 0.4) is 0 Å². The second kappa shape index (κ2) is 7.37. The average Bonchev–Trinajstić information content (AvgIpc) is 2.46. The van der Waals surface area contributed by atoms with E-state index in [0.29, 0.717) is 12.0 Å². The molecule has 0 saturated heterocycles. The number of carbonyl (C=O) groups is 2. The van der Waals surface area contributed by atoms with Crippen molar-refractivity contribution in [1.82, 2.24) is 4.90 Å². The van der Waals surface area contributed by atoms with Crippen molar-refractivity contribution in [2.24, 2.45) is 0 Å². The van der Waals surface area contributed by atoms with Crippen LogP contribution in [0.4, 0.5) is 5.69 Å². The summed E-state index contributed by atoms with van der Waals surface area (Å²) in [5, 5.41) is 19.3. The van der Waals surface area contributed by atoms with E-state index in [9.17, 15) is 19.7 Å². The highest BCUT2D eigenvalue weighted by molar-refractivity contribution is 5.94. The van der Waals surface area contributed by atoms with Gasteiger partial charge in [0, 0.05) is 30.3 Å². The quantitative estimate of drug-likeness (QED) is 0.614. The third-order valence-electron chi connectivity index (χ3n) is 3.28. The lowest BCUT2D eigenvalue weighted by atomic mass is 10.1. The topological polar surface area (TPSA) is 101 Å². The van der Waals surface area contributed by atoms with Gasteiger partial charge in [0.15, 0.2) is 0 Å². The van der Waals surface area contributed by atoms with E-state index in [1.165, 1.54) is 29.2 Å². The Morgan fingerprint density at radius 3 is 2.33 bits per heavy atom. The van der Waals surface area contributed by atoms with Gasteiger partial charge in [-0.05, 0) is 25.5 Å². The standard InChI is InChI=1S/C14H18N2O5/c1-3-10(2)15(9-8-13(17)18)14(19)11-4-6-12(7-5-11)16(20)21/h4-7,10H,3,8-9H2,1-2H3,(H,17,18). The highest BCUT2D eigenvalue weighted by Gasteiger charge is 2.21. The Morgan fingerprint density at radius 2 is 1.90 bits per heavy atom. The van der Waals surface area contributed by atoms with E-state index >= 15 is 0 Å². The molecule has 1 amide bonds. The Labute approximate surface area is 122 Å². The van der Waals surface area contributed by atoms with Gasteiger partial charge in [-0.1, -0.05) is 6.92 Å². The summed E-state index contributed by atoms with van der Waals surface area (Å²) in [4.78, 5) is 34.6. The minimum absolute atomic E-state index is 0.0906. The van der Waals surface area contributed by atoms with Crippen LogP contribution in [-0.4, -0.2) is 39.4 Å². The van der Waals surface area contributed by atoms with Crippen molar-refractivity contribution in [2.45, 2.75) is 32.7 Å². The molecular formula is C14H18N2O5. The zero-order valence-corrected chi connectivity index (χ0v) is 12.0. The van der Waals surface area contributed by atoms with E-state index in [2.05, 4.69) is 0 Å². The van der Waals surface area contributed by atoms with E-state index in [-0.39, 0.29) is 30.6 Å². The predicted octanol–water partition coefficient (Wildman–Crippen LogP) is 2.31. The molecule has 21 heavy (non-hydrogen) atoms. The number of rotatable bonds is 7. The smallest absolute Gasteiger partial charge is 0.305 e. The average molecular weight is 294 g/mol. The third kappa shape index (κ3) is 4.55. The Bertz CT molecular complexity index is 527. The van der Waals surface area contributed by atoms with E-state index in [0.717, 1.165) is 0 Å². The SMILES string of the molecule is CCC(C)N(CCC(=O)O)C(=O)c1ccc([N+](=O)[O-])cc1. The predicted molar refractivity (Wildman–Crippen MR) is 76.1 cm³/mol. The van der Waals surface area contributed by atoms with E-state index in [1.807, 2.05) is 13.8 Å². The van der Waals surface area contributed by atoms with Crippen molar-refractivity contribution in [1.29, 1.82) is 0 Å². The number of nitro benzene ring substituents is 1. The molecule has 0 fully saturated rings. The summed E-state index contributed by atoms with van der Waals surface area (Å²) in [6, 6.07) is 5.19. The maximum atomic E-state index is 12.4. The van der Waals surface area contributed by atoms with Gasteiger partial charge in [0.25, 0.3) is 11.6 Å². The van der Waals surface area contributed by atoms with Gasteiger partial charge in [-0.2, -0.15) is 0 Å². The highest BCUT2D eigenvalue weighted by atomic mass is 16.6. The van der Waals surface area contributed by atoms with E-state index in [4.69, 9.17) is 5.11 Å². The molecule has 114 valence electrons. The summed E-state index contributed by atoms with van der Waals surface area (Å²) in [6.45, 7) is 3.85.